The van der Waals surface area contributed by atoms with Crippen LogP contribution in [0, 0.1) is 5.41 Å². The molecule has 1 saturated heterocycles. The summed E-state index contributed by atoms with van der Waals surface area (Å²) in [5.74, 6) is -3.80. The Balaban J connectivity index is 1.41. The van der Waals surface area contributed by atoms with Crippen molar-refractivity contribution in [2.45, 2.75) is 88.4 Å². The lowest BCUT2D eigenvalue weighted by molar-refractivity contribution is -0.138. The van der Waals surface area contributed by atoms with Crippen LogP contribution in [0.25, 0.3) is 10.8 Å². The quantitative estimate of drug-likeness (QED) is 0.0319. The molecular weight excluding hydrogens is 801 g/mol. The van der Waals surface area contributed by atoms with Crippen LogP contribution in [0.5, 0.6) is 0 Å². The van der Waals surface area contributed by atoms with Crippen LogP contribution >= 0.6 is 0 Å². The number of nitrogens with zero attached hydrogens (tertiary/aromatic N) is 1. The second-order valence-electron chi connectivity index (χ2n) is 15.9. The lowest BCUT2D eigenvalue weighted by Gasteiger charge is -2.42. The van der Waals surface area contributed by atoms with Gasteiger partial charge in [0.2, 0.25) is 35.4 Å². The lowest BCUT2D eigenvalue weighted by Crippen LogP contribution is -2.66. The van der Waals surface area contributed by atoms with Crippen LogP contribution in [-0.2, 0) is 41.6 Å². The van der Waals surface area contributed by atoms with Gasteiger partial charge < -0.3 is 48.3 Å². The van der Waals surface area contributed by atoms with Gasteiger partial charge in [0.15, 0.2) is 5.96 Å². The van der Waals surface area contributed by atoms with Gasteiger partial charge in [-0.05, 0) is 66.1 Å². The second-order valence-corrected chi connectivity index (χ2v) is 15.9. The Morgan fingerprint density at radius 1 is 0.683 bits per heavy atom. The molecule has 1 fully saturated rings. The van der Waals surface area contributed by atoms with Crippen molar-refractivity contribution in [2.24, 2.45) is 11.5 Å². The van der Waals surface area contributed by atoms with Crippen LogP contribution in [0.15, 0.2) is 103 Å². The van der Waals surface area contributed by atoms with Gasteiger partial charge in [0, 0.05) is 44.6 Å². The van der Waals surface area contributed by atoms with Gasteiger partial charge in [0.05, 0.1) is 6.54 Å². The molecule has 4 aromatic rings. The predicted octanol–water partition coefficient (Wildman–Crippen LogP) is 2.29. The van der Waals surface area contributed by atoms with Crippen molar-refractivity contribution in [3.63, 3.8) is 0 Å². The van der Waals surface area contributed by atoms with Crippen molar-refractivity contribution >= 4 is 57.9 Å². The molecule has 63 heavy (non-hydrogen) atoms. The first-order chi connectivity index (χ1) is 30.4. The zero-order chi connectivity index (χ0) is 45.2. The smallest absolute Gasteiger partial charge is 0.246 e. The van der Waals surface area contributed by atoms with E-state index < -0.39 is 59.7 Å². The van der Waals surface area contributed by atoms with Gasteiger partial charge in [-0.3, -0.25) is 34.2 Å². The van der Waals surface area contributed by atoms with Crippen molar-refractivity contribution in [3.05, 3.63) is 114 Å². The molecular formula is C47H60N10O6. The van der Waals surface area contributed by atoms with E-state index in [4.69, 9.17) is 16.9 Å². The molecule has 0 unspecified atom stereocenters. The normalized spacial score (nSPS) is 14.6. The van der Waals surface area contributed by atoms with Crippen molar-refractivity contribution < 1.29 is 28.8 Å². The average molecular weight is 861 g/mol. The fraction of sp³-hybridized carbons (Fsp3) is 0.383. The third kappa shape index (κ3) is 14.3. The maximum atomic E-state index is 14.6. The molecule has 6 amide bonds. The average Bonchev–Trinajstić information content (AvgIpc) is 3.28. The Morgan fingerprint density at radius 3 is 1.95 bits per heavy atom. The number of unbranched alkanes of at least 4 members (excludes halogenated alkanes) is 1. The minimum absolute atomic E-state index is 0.0498. The Kier molecular flexibility index (Phi) is 17.4. The highest BCUT2D eigenvalue weighted by atomic mass is 16.2. The molecule has 16 nitrogen and oxygen atoms in total. The zero-order valence-electron chi connectivity index (χ0n) is 35.8. The molecule has 16 heteroatoms. The van der Waals surface area contributed by atoms with Crippen LogP contribution in [0.4, 0.5) is 5.69 Å². The number of anilines is 1. The van der Waals surface area contributed by atoms with E-state index in [0.717, 1.165) is 34.0 Å². The standard InChI is InChI=1S/C47H60N10O6/c1-2-3-20-41(59)56-47(23-26-57(27-24-47)36-17-8-5-9-18-36)45(63)55-39(29-32-13-6-4-7-14-32)44(62)53-37(19-12-25-51-46(49)50)43(61)54-38(42(60)52-31-40(48)58)30-33-21-22-34-15-10-11-16-35(34)28-33/h4-11,13-18,21-22,28,37-39H,2-3,12,19-20,23-27,29-31H2,1H3,(H2,48,58)(H,52,60)(H,53,62)(H,54,61)(H,55,63)(H,56,59)(H4,49,50,51)/t37-,38-,39+/m0/s1. The van der Waals surface area contributed by atoms with Crippen LogP contribution in [0.1, 0.15) is 63.0 Å². The SMILES string of the molecule is CCCCC(=O)NC1(C(=O)N[C@H](Cc2ccccc2)C(=O)N[C@@H](CCCNC(=N)N)C(=O)N[C@@H](Cc2ccc3ccccc3c2)C(=O)NCC(N)=O)CCN(c2ccccc2)CC1. The minimum atomic E-state index is -1.31. The zero-order valence-corrected chi connectivity index (χ0v) is 35.8. The number of carbonyl (C=O) groups is 6. The van der Waals surface area contributed by atoms with Gasteiger partial charge in [-0.1, -0.05) is 104 Å². The predicted molar refractivity (Wildman–Crippen MR) is 243 cm³/mol. The van der Waals surface area contributed by atoms with Crippen LogP contribution in [0.3, 0.4) is 0 Å². The number of piperidine rings is 1. The summed E-state index contributed by atoms with van der Waals surface area (Å²) in [5.41, 5.74) is 12.0. The molecule has 0 radical (unpaired) electrons. The van der Waals surface area contributed by atoms with E-state index in [1.54, 1.807) is 0 Å². The molecule has 0 aromatic heterocycles. The van der Waals surface area contributed by atoms with Crippen molar-refractivity contribution in [1.82, 2.24) is 31.9 Å². The molecule has 0 saturated carbocycles. The van der Waals surface area contributed by atoms with Crippen molar-refractivity contribution in [3.8, 4) is 0 Å². The Labute approximate surface area is 368 Å². The Bertz CT molecular complexity index is 2200. The Hall–Kier alpha value is -6.97. The third-order valence-electron chi connectivity index (χ3n) is 11.2. The number of nitrogens with two attached hydrogens (primary N) is 2. The first-order valence-electron chi connectivity index (χ1n) is 21.5. The van der Waals surface area contributed by atoms with Gasteiger partial charge in [-0.25, -0.2) is 0 Å². The van der Waals surface area contributed by atoms with Crippen LogP contribution in [-0.4, -0.2) is 91.2 Å². The number of nitrogens with one attached hydrogen (secondary N) is 7. The second kappa shape index (κ2) is 23.3. The number of primary amides is 1. The summed E-state index contributed by atoms with van der Waals surface area (Å²) in [6.45, 7) is 2.69. The number of benzene rings is 4. The van der Waals surface area contributed by atoms with Gasteiger partial charge >= 0.3 is 0 Å². The summed E-state index contributed by atoms with van der Waals surface area (Å²) in [6.07, 6.45) is 2.73. The maximum absolute atomic E-state index is 14.6. The molecule has 334 valence electrons. The highest BCUT2D eigenvalue weighted by Crippen LogP contribution is 2.28. The fourth-order valence-corrected chi connectivity index (χ4v) is 7.67. The minimum Gasteiger partial charge on any atom is -0.371 e. The number of hydrogen-bond donors (Lipinski definition) is 9. The molecule has 1 aliphatic rings. The largest absolute Gasteiger partial charge is 0.371 e. The van der Waals surface area contributed by atoms with Gasteiger partial charge in [0.25, 0.3) is 0 Å². The summed E-state index contributed by atoms with van der Waals surface area (Å²) in [4.78, 5) is 84.1. The van der Waals surface area contributed by atoms with Crippen LogP contribution in [0.2, 0.25) is 0 Å². The first-order valence-corrected chi connectivity index (χ1v) is 21.5. The van der Waals surface area contributed by atoms with Gasteiger partial charge in [-0.2, -0.15) is 0 Å². The molecule has 0 bridgehead atoms. The molecule has 3 atom stereocenters. The van der Waals surface area contributed by atoms with E-state index >= 15 is 0 Å². The number of para-hydroxylation sites is 1. The van der Waals surface area contributed by atoms with E-state index in [0.29, 0.717) is 19.5 Å². The monoisotopic (exact) mass is 860 g/mol. The lowest BCUT2D eigenvalue weighted by atomic mass is 9.85. The van der Waals surface area contributed by atoms with E-state index in [-0.39, 0.29) is 63.4 Å². The summed E-state index contributed by atoms with van der Waals surface area (Å²) in [6, 6.07) is 28.7. The van der Waals surface area contributed by atoms with Crippen LogP contribution < -0.4 is 48.3 Å². The highest BCUT2D eigenvalue weighted by Gasteiger charge is 2.44. The summed E-state index contributed by atoms with van der Waals surface area (Å²) in [5, 5.41) is 26.3. The molecule has 1 aliphatic heterocycles. The van der Waals surface area contributed by atoms with Gasteiger partial charge in [0.1, 0.15) is 23.7 Å². The molecule has 1 heterocycles. The number of hydrogen-bond acceptors (Lipinski definition) is 8. The molecule has 11 N–H and O–H groups in total. The van der Waals surface area contributed by atoms with E-state index in [1.165, 1.54) is 0 Å². The Morgan fingerprint density at radius 2 is 1.29 bits per heavy atom. The number of guanidine groups is 1. The first kappa shape index (κ1) is 47.1. The fourth-order valence-electron chi connectivity index (χ4n) is 7.67. The molecule has 4 aromatic carbocycles. The number of amides is 6. The van der Waals surface area contributed by atoms with Crippen molar-refractivity contribution in [1.29, 1.82) is 5.41 Å². The van der Waals surface area contributed by atoms with E-state index in [2.05, 4.69) is 36.8 Å². The number of fused-ring (bicyclic) bond motifs is 1. The number of carbonyl (C=O) groups excluding carboxylic acids is 6. The maximum Gasteiger partial charge on any atom is 0.246 e. The van der Waals surface area contributed by atoms with Gasteiger partial charge in [-0.15, -0.1) is 0 Å². The number of rotatable bonds is 22. The van der Waals surface area contributed by atoms with Crippen molar-refractivity contribution in [2.75, 3.05) is 31.1 Å². The third-order valence-corrected chi connectivity index (χ3v) is 11.2. The summed E-state index contributed by atoms with van der Waals surface area (Å²) < 4.78 is 0. The summed E-state index contributed by atoms with van der Waals surface area (Å²) in [7, 11) is 0. The van der Waals surface area contributed by atoms with E-state index in [1.807, 2.05) is 110 Å². The molecule has 0 aliphatic carbocycles. The highest BCUT2D eigenvalue weighted by molar-refractivity contribution is 5.97. The molecule has 5 rings (SSSR count). The summed E-state index contributed by atoms with van der Waals surface area (Å²) >= 11 is 0. The van der Waals surface area contributed by atoms with E-state index in [9.17, 15) is 28.8 Å². The molecule has 0 spiro atoms. The topological polar surface area (TPSA) is 254 Å².